The van der Waals surface area contributed by atoms with Gasteiger partial charge in [0.05, 0.1) is 0 Å². The van der Waals surface area contributed by atoms with E-state index in [0.717, 1.165) is 19.5 Å². The maximum Gasteiger partial charge on any atom is 0.289 e. The van der Waals surface area contributed by atoms with Crippen LogP contribution in [0, 0.1) is 0 Å². The van der Waals surface area contributed by atoms with E-state index in [9.17, 15) is 4.79 Å². The SMILES string of the molecule is CN1CCCC(N(C)C(=O)Br)C1. The summed E-state index contributed by atoms with van der Waals surface area (Å²) in [6.45, 7) is 2.15. The van der Waals surface area contributed by atoms with Crippen LogP contribution in [-0.2, 0) is 0 Å². The monoisotopic (exact) mass is 234 g/mol. The van der Waals surface area contributed by atoms with E-state index in [2.05, 4.69) is 27.9 Å². The third-order valence-electron chi connectivity index (χ3n) is 2.42. The number of amides is 1. The molecule has 1 saturated heterocycles. The number of nitrogens with zero attached hydrogens (tertiary/aromatic N) is 2. The molecule has 0 saturated carbocycles. The van der Waals surface area contributed by atoms with Crippen molar-refractivity contribution in [1.29, 1.82) is 0 Å². The highest BCUT2D eigenvalue weighted by Crippen LogP contribution is 2.14. The van der Waals surface area contributed by atoms with Gasteiger partial charge in [-0.3, -0.25) is 4.79 Å². The van der Waals surface area contributed by atoms with Crippen LogP contribution in [0.5, 0.6) is 0 Å². The van der Waals surface area contributed by atoms with Gasteiger partial charge in [-0.2, -0.15) is 0 Å². The third-order valence-corrected chi connectivity index (χ3v) is 2.98. The molecule has 1 fully saturated rings. The second kappa shape index (κ2) is 4.23. The van der Waals surface area contributed by atoms with E-state index in [0.29, 0.717) is 6.04 Å². The molecule has 0 aromatic rings. The van der Waals surface area contributed by atoms with Crippen LogP contribution in [0.3, 0.4) is 0 Å². The lowest BCUT2D eigenvalue weighted by Gasteiger charge is -2.34. The van der Waals surface area contributed by atoms with Crippen molar-refractivity contribution in [2.75, 3.05) is 27.2 Å². The van der Waals surface area contributed by atoms with Crippen molar-refractivity contribution in [3.63, 3.8) is 0 Å². The summed E-state index contributed by atoms with van der Waals surface area (Å²) < 4.78 is 0. The Morgan fingerprint density at radius 2 is 2.33 bits per heavy atom. The summed E-state index contributed by atoms with van der Waals surface area (Å²) in [6.07, 6.45) is 2.31. The Balaban J connectivity index is 2.45. The van der Waals surface area contributed by atoms with Gasteiger partial charge in [0, 0.05) is 35.6 Å². The first-order valence-corrected chi connectivity index (χ1v) is 5.01. The van der Waals surface area contributed by atoms with Gasteiger partial charge < -0.3 is 9.80 Å². The smallest absolute Gasteiger partial charge is 0.289 e. The van der Waals surface area contributed by atoms with Crippen LogP contribution in [0.2, 0.25) is 0 Å². The van der Waals surface area contributed by atoms with Crippen LogP contribution < -0.4 is 0 Å². The molecular weight excluding hydrogens is 220 g/mol. The predicted molar refractivity (Wildman–Crippen MR) is 52.6 cm³/mol. The average molecular weight is 235 g/mol. The maximum atomic E-state index is 11.0. The van der Waals surface area contributed by atoms with Crippen molar-refractivity contribution in [3.05, 3.63) is 0 Å². The van der Waals surface area contributed by atoms with Crippen molar-refractivity contribution in [2.24, 2.45) is 0 Å². The molecule has 0 spiro atoms. The second-order valence-corrected chi connectivity index (χ2v) is 4.10. The molecule has 1 heterocycles. The largest absolute Gasteiger partial charge is 0.332 e. The first kappa shape index (κ1) is 9.99. The summed E-state index contributed by atoms with van der Waals surface area (Å²) in [5.74, 6) is 0. The summed E-state index contributed by atoms with van der Waals surface area (Å²) in [7, 11) is 3.94. The summed E-state index contributed by atoms with van der Waals surface area (Å²) in [4.78, 5) is 15.0. The molecule has 0 aromatic carbocycles. The summed E-state index contributed by atoms with van der Waals surface area (Å²) in [6, 6.07) is 0.385. The normalized spacial score (nSPS) is 25.4. The fourth-order valence-electron chi connectivity index (χ4n) is 1.60. The van der Waals surface area contributed by atoms with Crippen LogP contribution in [0.4, 0.5) is 4.79 Å². The third kappa shape index (κ3) is 2.45. The topological polar surface area (TPSA) is 23.6 Å². The number of likely N-dealkylation sites (N-methyl/N-ethyl adjacent to an activating group) is 2. The lowest BCUT2D eigenvalue weighted by atomic mass is 10.1. The molecule has 1 rings (SSSR count). The Morgan fingerprint density at radius 1 is 1.67 bits per heavy atom. The molecule has 0 aromatic heterocycles. The highest BCUT2D eigenvalue weighted by atomic mass is 79.9. The molecule has 1 atom stereocenters. The van der Waals surface area contributed by atoms with Crippen molar-refractivity contribution in [1.82, 2.24) is 9.80 Å². The van der Waals surface area contributed by atoms with Crippen LogP contribution in [0.25, 0.3) is 0 Å². The molecular formula is C8H15BrN2O. The molecule has 1 unspecified atom stereocenters. The van der Waals surface area contributed by atoms with E-state index in [1.807, 2.05) is 7.05 Å². The predicted octanol–water partition coefficient (Wildman–Crippen LogP) is 1.53. The van der Waals surface area contributed by atoms with Gasteiger partial charge >= 0.3 is 0 Å². The molecule has 0 N–H and O–H groups in total. The van der Waals surface area contributed by atoms with Crippen molar-refractivity contribution in [3.8, 4) is 0 Å². The van der Waals surface area contributed by atoms with Gasteiger partial charge in [0.2, 0.25) is 0 Å². The number of carbonyl (C=O) groups excluding carboxylic acids is 1. The van der Waals surface area contributed by atoms with Gasteiger partial charge in [-0.05, 0) is 26.4 Å². The lowest BCUT2D eigenvalue weighted by Crippen LogP contribution is -2.45. The number of rotatable bonds is 1. The number of likely N-dealkylation sites (tertiary alicyclic amines) is 1. The van der Waals surface area contributed by atoms with Crippen LogP contribution >= 0.6 is 15.9 Å². The highest BCUT2D eigenvalue weighted by Gasteiger charge is 2.22. The van der Waals surface area contributed by atoms with E-state index in [1.165, 1.54) is 6.42 Å². The van der Waals surface area contributed by atoms with E-state index >= 15 is 0 Å². The zero-order valence-corrected chi connectivity index (χ0v) is 9.17. The standard InChI is InChI=1S/C8H15BrN2O/c1-10-5-3-4-7(6-10)11(2)8(9)12/h7H,3-6H2,1-2H3. The van der Waals surface area contributed by atoms with E-state index < -0.39 is 0 Å². The fourth-order valence-corrected chi connectivity index (χ4v) is 1.89. The summed E-state index contributed by atoms with van der Waals surface area (Å²) in [5.41, 5.74) is 0. The van der Waals surface area contributed by atoms with Crippen LogP contribution in [0.15, 0.2) is 0 Å². The number of hydrogen-bond acceptors (Lipinski definition) is 2. The molecule has 0 aliphatic carbocycles. The molecule has 0 radical (unpaired) electrons. The van der Waals surface area contributed by atoms with Gasteiger partial charge in [-0.25, -0.2) is 0 Å². The van der Waals surface area contributed by atoms with Gasteiger partial charge in [-0.1, -0.05) is 0 Å². The summed E-state index contributed by atoms with van der Waals surface area (Å²) >= 11 is 2.96. The molecule has 12 heavy (non-hydrogen) atoms. The van der Waals surface area contributed by atoms with E-state index in [1.54, 1.807) is 4.90 Å². The number of hydrogen-bond donors (Lipinski definition) is 0. The van der Waals surface area contributed by atoms with Crippen LogP contribution in [0.1, 0.15) is 12.8 Å². The van der Waals surface area contributed by atoms with Gasteiger partial charge in [0.25, 0.3) is 4.82 Å². The van der Waals surface area contributed by atoms with Gasteiger partial charge in [0.1, 0.15) is 0 Å². The second-order valence-electron chi connectivity index (χ2n) is 3.42. The Morgan fingerprint density at radius 3 is 2.83 bits per heavy atom. The summed E-state index contributed by atoms with van der Waals surface area (Å²) in [5, 5.41) is 0. The van der Waals surface area contributed by atoms with E-state index in [-0.39, 0.29) is 4.82 Å². The quantitative estimate of drug-likeness (QED) is 0.508. The molecule has 1 aliphatic heterocycles. The Labute approximate surface area is 81.8 Å². The molecule has 1 aliphatic rings. The van der Waals surface area contributed by atoms with Crippen molar-refractivity contribution in [2.45, 2.75) is 18.9 Å². The molecule has 70 valence electrons. The Bertz CT molecular complexity index is 174. The highest BCUT2D eigenvalue weighted by molar-refractivity contribution is 9.18. The van der Waals surface area contributed by atoms with Crippen LogP contribution in [-0.4, -0.2) is 47.8 Å². The van der Waals surface area contributed by atoms with Crippen molar-refractivity contribution >= 4 is 20.7 Å². The van der Waals surface area contributed by atoms with Gasteiger partial charge in [0.15, 0.2) is 0 Å². The molecule has 3 nitrogen and oxygen atoms in total. The van der Waals surface area contributed by atoms with Gasteiger partial charge in [-0.15, -0.1) is 0 Å². The molecule has 0 bridgehead atoms. The number of carbonyl (C=O) groups is 1. The maximum absolute atomic E-state index is 11.0. The minimum absolute atomic E-state index is 0.0113. The number of piperidine rings is 1. The zero-order chi connectivity index (χ0) is 9.14. The average Bonchev–Trinajstić information content (AvgIpc) is 2.03. The Kier molecular flexibility index (Phi) is 3.53. The molecule has 4 heteroatoms. The van der Waals surface area contributed by atoms with Crippen molar-refractivity contribution < 1.29 is 4.79 Å². The minimum atomic E-state index is -0.0113. The fraction of sp³-hybridized carbons (Fsp3) is 0.875. The zero-order valence-electron chi connectivity index (χ0n) is 7.59. The molecule has 1 amide bonds. The number of halogens is 1. The minimum Gasteiger partial charge on any atom is -0.332 e. The first-order valence-electron chi connectivity index (χ1n) is 4.22. The first-order chi connectivity index (χ1) is 5.61. The Hall–Kier alpha value is -0.0900. The lowest BCUT2D eigenvalue weighted by molar-refractivity contribution is 0.156. The van der Waals surface area contributed by atoms with E-state index in [4.69, 9.17) is 0 Å².